The maximum Gasteiger partial charge on any atom is 0.342 e. The molecule has 2 aromatic heterocycles. The summed E-state index contributed by atoms with van der Waals surface area (Å²) in [5, 5.41) is 2.82. The Labute approximate surface area is 197 Å². The van der Waals surface area contributed by atoms with E-state index in [1.807, 2.05) is 13.0 Å². The molecular formula is C22H29N6O5P. The predicted octanol–water partition coefficient (Wildman–Crippen LogP) is 3.12. The average Bonchev–Trinajstić information content (AvgIpc) is 3.19. The molecule has 1 saturated carbocycles. The number of nitrogen functional groups attached to an aromatic ring is 1. The summed E-state index contributed by atoms with van der Waals surface area (Å²) in [6, 6.07) is 7.93. The number of imidazole rings is 1. The van der Waals surface area contributed by atoms with E-state index in [1.165, 1.54) is 6.33 Å². The summed E-state index contributed by atoms with van der Waals surface area (Å²) >= 11 is 0. The molecule has 34 heavy (non-hydrogen) atoms. The number of nitrogens with two attached hydrogens (primary N) is 1. The number of hydrogen-bond acceptors (Lipinski definition) is 9. The van der Waals surface area contributed by atoms with Gasteiger partial charge in [-0.2, -0.15) is 0 Å². The van der Waals surface area contributed by atoms with Gasteiger partial charge in [0.25, 0.3) is 0 Å². The average molecular weight is 488 g/mol. The van der Waals surface area contributed by atoms with E-state index in [0.717, 1.165) is 19.3 Å². The maximum atomic E-state index is 13.7. The highest BCUT2D eigenvalue weighted by Crippen LogP contribution is 2.44. The molecule has 1 aromatic carbocycles. The second-order valence-corrected chi connectivity index (χ2v) is 10.4. The maximum absolute atomic E-state index is 13.7. The molecule has 2 heterocycles. The molecule has 0 amide bonds. The summed E-state index contributed by atoms with van der Waals surface area (Å²) in [7, 11) is -3.63. The normalized spacial score (nSPS) is 17.5. The zero-order valence-corrected chi connectivity index (χ0v) is 20.1. The number of ether oxygens (including phenoxy) is 2. The third-order valence-electron chi connectivity index (χ3n) is 5.49. The van der Waals surface area contributed by atoms with Crippen LogP contribution in [-0.4, -0.2) is 50.1 Å². The van der Waals surface area contributed by atoms with Crippen molar-refractivity contribution in [2.45, 2.75) is 57.9 Å². The van der Waals surface area contributed by atoms with Crippen molar-refractivity contribution in [1.29, 1.82) is 0 Å². The van der Waals surface area contributed by atoms with Crippen LogP contribution in [0.3, 0.4) is 0 Å². The second kappa shape index (κ2) is 10.5. The van der Waals surface area contributed by atoms with E-state index in [2.05, 4.69) is 20.0 Å². The van der Waals surface area contributed by atoms with Crippen molar-refractivity contribution in [3.8, 4) is 5.75 Å². The van der Waals surface area contributed by atoms with E-state index in [-0.39, 0.29) is 18.6 Å². The molecule has 1 unspecified atom stereocenters. The Morgan fingerprint density at radius 1 is 1.24 bits per heavy atom. The number of carbonyl (C=O) groups excluding carboxylic acids is 1. The zero-order valence-electron chi connectivity index (χ0n) is 19.2. The first kappa shape index (κ1) is 24.1. The quantitative estimate of drug-likeness (QED) is 0.305. The van der Waals surface area contributed by atoms with Crippen LogP contribution in [0.15, 0.2) is 43.0 Å². The van der Waals surface area contributed by atoms with E-state index in [4.69, 9.17) is 19.7 Å². The number of benzene rings is 1. The number of anilines is 1. The van der Waals surface area contributed by atoms with Gasteiger partial charge in [-0.3, -0.25) is 9.36 Å². The molecule has 0 bridgehead atoms. The number of carbonyl (C=O) groups is 1. The lowest BCUT2D eigenvalue weighted by Crippen LogP contribution is -2.39. The van der Waals surface area contributed by atoms with Gasteiger partial charge in [0.2, 0.25) is 0 Å². The lowest BCUT2D eigenvalue weighted by molar-refractivity contribution is -0.154. The largest absolute Gasteiger partial charge is 0.461 e. The molecule has 182 valence electrons. The van der Waals surface area contributed by atoms with Crippen LogP contribution in [0, 0.1) is 0 Å². The molecule has 3 atom stereocenters. The highest BCUT2D eigenvalue weighted by Gasteiger charge is 2.33. The Hall–Kier alpha value is -3.01. The Morgan fingerprint density at radius 3 is 2.71 bits per heavy atom. The highest BCUT2D eigenvalue weighted by molar-refractivity contribution is 7.57. The Balaban J connectivity index is 1.42. The van der Waals surface area contributed by atoms with Gasteiger partial charge in [0, 0.05) is 0 Å². The second-order valence-electron chi connectivity index (χ2n) is 8.35. The molecule has 1 fully saturated rings. The summed E-state index contributed by atoms with van der Waals surface area (Å²) < 4.78 is 32.6. The third kappa shape index (κ3) is 5.91. The number of rotatable bonds is 11. The van der Waals surface area contributed by atoms with E-state index >= 15 is 0 Å². The first-order chi connectivity index (χ1) is 16.3. The van der Waals surface area contributed by atoms with Gasteiger partial charge in [-0.1, -0.05) is 18.2 Å². The summed E-state index contributed by atoms with van der Waals surface area (Å²) in [5.74, 6) is 0.240. The first-order valence-electron chi connectivity index (χ1n) is 11.2. The highest BCUT2D eigenvalue weighted by atomic mass is 31.2. The molecule has 1 aliphatic carbocycles. The molecule has 0 aliphatic heterocycles. The Kier molecular flexibility index (Phi) is 7.45. The topological polar surface area (TPSA) is 143 Å². The van der Waals surface area contributed by atoms with Crippen molar-refractivity contribution in [2.75, 3.05) is 12.1 Å². The molecule has 11 nitrogen and oxygen atoms in total. The minimum atomic E-state index is -3.63. The predicted molar refractivity (Wildman–Crippen MR) is 126 cm³/mol. The van der Waals surface area contributed by atoms with Gasteiger partial charge in [-0.05, 0) is 45.2 Å². The lowest BCUT2D eigenvalue weighted by Gasteiger charge is -2.28. The van der Waals surface area contributed by atoms with Crippen LogP contribution in [0.25, 0.3) is 11.2 Å². The molecule has 0 radical (unpaired) electrons. The number of esters is 1. The van der Waals surface area contributed by atoms with Gasteiger partial charge in [0.15, 0.2) is 11.5 Å². The van der Waals surface area contributed by atoms with Gasteiger partial charge in [0.05, 0.1) is 19.0 Å². The Morgan fingerprint density at radius 2 is 2.00 bits per heavy atom. The molecule has 1 aliphatic rings. The van der Waals surface area contributed by atoms with Crippen molar-refractivity contribution in [3.63, 3.8) is 0 Å². The smallest absolute Gasteiger partial charge is 0.342 e. The number of hydrogen-bond donors (Lipinski definition) is 2. The number of nitrogens with zero attached hydrogens (tertiary/aromatic N) is 4. The minimum absolute atomic E-state index is 0.0645. The minimum Gasteiger partial charge on any atom is -0.461 e. The van der Waals surface area contributed by atoms with Gasteiger partial charge < -0.3 is 24.3 Å². The van der Waals surface area contributed by atoms with Gasteiger partial charge in [-0.15, -0.1) is 0 Å². The number of fused-ring (bicyclic) bond motifs is 1. The van der Waals surface area contributed by atoms with Crippen LogP contribution in [0.1, 0.15) is 33.1 Å². The monoisotopic (exact) mass is 488 g/mol. The third-order valence-corrected chi connectivity index (χ3v) is 7.26. The van der Waals surface area contributed by atoms with Crippen molar-refractivity contribution in [1.82, 2.24) is 24.6 Å². The van der Waals surface area contributed by atoms with Crippen LogP contribution >= 0.6 is 7.52 Å². The van der Waals surface area contributed by atoms with Crippen molar-refractivity contribution in [3.05, 3.63) is 43.0 Å². The summed E-state index contributed by atoms with van der Waals surface area (Å²) in [6.07, 6.45) is 5.04. The van der Waals surface area contributed by atoms with Crippen LogP contribution in [0.5, 0.6) is 5.75 Å². The summed E-state index contributed by atoms with van der Waals surface area (Å²) in [4.78, 5) is 24.8. The standard InChI is InChI=1S/C22H29N6O5P/c1-15(11-28-13-26-19-20(23)24-12-25-21(19)28)31-14-34(30,33-18-7-4-3-5-8-18)27-16(2)22(29)32-17-9-6-10-17/h3-5,7-8,12-13,15-17H,6,9-11,14H2,1-2H3,(H,27,30)(H2,23,24,25)/t15-,16?,34-/m1/s1. The van der Waals surface area contributed by atoms with Gasteiger partial charge in [-0.25, -0.2) is 20.0 Å². The molecule has 0 spiro atoms. The molecule has 4 rings (SSSR count). The fraction of sp³-hybridized carbons (Fsp3) is 0.455. The fourth-order valence-electron chi connectivity index (χ4n) is 3.43. The zero-order chi connectivity index (χ0) is 24.1. The van der Waals surface area contributed by atoms with Crippen molar-refractivity contribution in [2.24, 2.45) is 0 Å². The molecule has 12 heteroatoms. The number of nitrogens with one attached hydrogen (secondary N) is 1. The molecule has 3 N–H and O–H groups in total. The summed E-state index contributed by atoms with van der Waals surface area (Å²) in [5.41, 5.74) is 6.93. The van der Waals surface area contributed by atoms with E-state index in [1.54, 1.807) is 42.1 Å². The van der Waals surface area contributed by atoms with Crippen LogP contribution in [0.4, 0.5) is 5.82 Å². The number of aromatic nitrogens is 4. The fourth-order valence-corrected chi connectivity index (χ4v) is 5.22. The SMILES string of the molecule is CC(N[P@@](=O)(CO[C@H](C)Cn1cnc2c(N)ncnc21)Oc1ccccc1)C(=O)OC1CCC1. The lowest BCUT2D eigenvalue weighted by atomic mass is 9.96. The Bertz CT molecular complexity index is 1170. The van der Waals surface area contributed by atoms with Crippen LogP contribution in [0.2, 0.25) is 0 Å². The first-order valence-corrected chi connectivity index (χ1v) is 13.0. The van der Waals surface area contributed by atoms with Crippen molar-refractivity contribution >= 4 is 30.5 Å². The van der Waals surface area contributed by atoms with Crippen LogP contribution < -0.4 is 15.3 Å². The molecular weight excluding hydrogens is 459 g/mol. The summed E-state index contributed by atoms with van der Waals surface area (Å²) in [6.45, 7) is 3.82. The van der Waals surface area contributed by atoms with E-state index < -0.39 is 19.5 Å². The van der Waals surface area contributed by atoms with Crippen molar-refractivity contribution < 1.29 is 23.4 Å². The molecule has 3 aromatic rings. The van der Waals surface area contributed by atoms with E-state index in [0.29, 0.717) is 29.3 Å². The number of para-hydroxylation sites is 1. The van der Waals surface area contributed by atoms with Gasteiger partial charge >= 0.3 is 13.5 Å². The molecule has 0 saturated heterocycles. The van der Waals surface area contributed by atoms with E-state index in [9.17, 15) is 9.36 Å². The van der Waals surface area contributed by atoms with Crippen LogP contribution in [-0.2, 0) is 25.4 Å². The van der Waals surface area contributed by atoms with Gasteiger partial charge in [0.1, 0.15) is 36.1 Å².